The highest BCUT2D eigenvalue weighted by Crippen LogP contribution is 2.23. The predicted molar refractivity (Wildman–Crippen MR) is 55.9 cm³/mol. The second-order valence-corrected chi connectivity index (χ2v) is 3.32. The van der Waals surface area contributed by atoms with E-state index in [0.717, 1.165) is 0 Å². The van der Waals surface area contributed by atoms with Crippen molar-refractivity contribution in [2.45, 2.75) is 12.7 Å². The Morgan fingerprint density at radius 1 is 1.31 bits per heavy atom. The second-order valence-electron chi connectivity index (χ2n) is 3.32. The third kappa shape index (κ3) is 2.09. The first kappa shape index (κ1) is 10.8. The standard InChI is InChI=1S/C11H10F2N2O/c12-11(13)8-1-2-10(16)15(7-8)9-3-5-14-6-4-9/h1-7,10-11,16H. The van der Waals surface area contributed by atoms with Crippen molar-refractivity contribution in [1.29, 1.82) is 0 Å². The van der Waals surface area contributed by atoms with Gasteiger partial charge in [-0.3, -0.25) is 4.98 Å². The molecular weight excluding hydrogens is 214 g/mol. The lowest BCUT2D eigenvalue weighted by molar-refractivity contribution is 0.188. The van der Waals surface area contributed by atoms with Crippen LogP contribution >= 0.6 is 0 Å². The highest BCUT2D eigenvalue weighted by atomic mass is 19.3. The van der Waals surface area contributed by atoms with E-state index in [0.29, 0.717) is 5.69 Å². The molecule has 2 heterocycles. The van der Waals surface area contributed by atoms with Crippen molar-refractivity contribution in [3.05, 3.63) is 48.5 Å². The number of halogens is 2. The zero-order valence-electron chi connectivity index (χ0n) is 8.29. The van der Waals surface area contributed by atoms with Gasteiger partial charge in [0, 0.05) is 29.9 Å². The molecule has 1 aliphatic rings. The van der Waals surface area contributed by atoms with Crippen molar-refractivity contribution >= 4 is 5.69 Å². The minimum absolute atomic E-state index is 0.123. The number of allylic oxidation sites excluding steroid dienone is 2. The number of aromatic nitrogens is 1. The number of hydrogen-bond acceptors (Lipinski definition) is 3. The normalized spacial score (nSPS) is 20.1. The van der Waals surface area contributed by atoms with Gasteiger partial charge in [0.05, 0.1) is 0 Å². The molecule has 5 heteroatoms. The van der Waals surface area contributed by atoms with Crippen LogP contribution in [0.5, 0.6) is 0 Å². The van der Waals surface area contributed by atoms with E-state index in [1.165, 1.54) is 35.6 Å². The number of pyridine rings is 1. The SMILES string of the molecule is OC1C=CC(C(F)F)=CN1c1ccncc1. The Bertz CT molecular complexity index is 417. The quantitative estimate of drug-likeness (QED) is 0.833. The van der Waals surface area contributed by atoms with Crippen LogP contribution < -0.4 is 4.90 Å². The van der Waals surface area contributed by atoms with Crippen LogP contribution in [0.1, 0.15) is 0 Å². The van der Waals surface area contributed by atoms with Crippen LogP contribution in [-0.2, 0) is 0 Å². The fourth-order valence-electron chi connectivity index (χ4n) is 1.44. The molecular formula is C11H10F2N2O. The van der Waals surface area contributed by atoms with Crippen molar-refractivity contribution in [2.75, 3.05) is 4.90 Å². The first-order valence-electron chi connectivity index (χ1n) is 4.73. The van der Waals surface area contributed by atoms with Crippen LogP contribution in [0.25, 0.3) is 0 Å². The number of aliphatic hydroxyl groups is 1. The molecule has 2 rings (SSSR count). The molecule has 1 aromatic rings. The van der Waals surface area contributed by atoms with Gasteiger partial charge in [0.1, 0.15) is 6.23 Å². The van der Waals surface area contributed by atoms with Gasteiger partial charge >= 0.3 is 0 Å². The van der Waals surface area contributed by atoms with Crippen LogP contribution in [0.3, 0.4) is 0 Å². The highest BCUT2D eigenvalue weighted by Gasteiger charge is 2.19. The average Bonchev–Trinajstić information content (AvgIpc) is 2.30. The number of alkyl halides is 2. The van der Waals surface area contributed by atoms with Gasteiger partial charge in [-0.05, 0) is 18.2 Å². The fraction of sp³-hybridized carbons (Fsp3) is 0.182. The third-order valence-corrected chi connectivity index (χ3v) is 2.25. The van der Waals surface area contributed by atoms with Crippen LogP contribution in [0.4, 0.5) is 14.5 Å². The molecule has 0 saturated heterocycles. The van der Waals surface area contributed by atoms with Crippen LogP contribution in [0.15, 0.2) is 48.5 Å². The Hall–Kier alpha value is -1.75. The first-order chi connectivity index (χ1) is 7.68. The van der Waals surface area contributed by atoms with Crippen LogP contribution in [-0.4, -0.2) is 22.7 Å². The molecule has 1 aliphatic heterocycles. The van der Waals surface area contributed by atoms with E-state index in [1.54, 1.807) is 12.1 Å². The van der Waals surface area contributed by atoms with Gasteiger partial charge in [-0.2, -0.15) is 0 Å². The number of rotatable bonds is 2. The van der Waals surface area contributed by atoms with Gasteiger partial charge in [-0.1, -0.05) is 6.08 Å². The Labute approximate surface area is 91.3 Å². The highest BCUT2D eigenvalue weighted by molar-refractivity contribution is 5.52. The summed E-state index contributed by atoms with van der Waals surface area (Å²) in [6.45, 7) is 0. The molecule has 0 aromatic carbocycles. The average molecular weight is 224 g/mol. The summed E-state index contributed by atoms with van der Waals surface area (Å²) in [4.78, 5) is 5.19. The maximum atomic E-state index is 12.5. The number of anilines is 1. The minimum atomic E-state index is -2.55. The van der Waals surface area contributed by atoms with Crippen LogP contribution in [0, 0.1) is 0 Å². The van der Waals surface area contributed by atoms with Gasteiger partial charge in [-0.15, -0.1) is 0 Å². The molecule has 0 radical (unpaired) electrons. The molecule has 0 fully saturated rings. The van der Waals surface area contributed by atoms with Gasteiger partial charge in [-0.25, -0.2) is 8.78 Å². The molecule has 1 aromatic heterocycles. The Morgan fingerprint density at radius 2 is 2.00 bits per heavy atom. The second kappa shape index (κ2) is 4.40. The van der Waals surface area contributed by atoms with Crippen molar-refractivity contribution < 1.29 is 13.9 Å². The summed E-state index contributed by atoms with van der Waals surface area (Å²) in [7, 11) is 0. The summed E-state index contributed by atoms with van der Waals surface area (Å²) in [6, 6.07) is 3.28. The summed E-state index contributed by atoms with van der Waals surface area (Å²) in [5, 5.41) is 9.65. The summed E-state index contributed by atoms with van der Waals surface area (Å²) in [6.07, 6.45) is 3.39. The lowest BCUT2D eigenvalue weighted by Crippen LogP contribution is -2.31. The van der Waals surface area contributed by atoms with Gasteiger partial charge in [0.25, 0.3) is 6.43 Å². The summed E-state index contributed by atoms with van der Waals surface area (Å²) in [5.74, 6) is 0. The smallest absolute Gasteiger partial charge is 0.265 e. The minimum Gasteiger partial charge on any atom is -0.370 e. The summed E-state index contributed by atoms with van der Waals surface area (Å²) in [5.41, 5.74) is 0.493. The number of nitrogens with zero attached hydrogens (tertiary/aromatic N) is 2. The number of hydrogen-bond donors (Lipinski definition) is 1. The Kier molecular flexibility index (Phi) is 2.96. The third-order valence-electron chi connectivity index (χ3n) is 2.25. The fourth-order valence-corrected chi connectivity index (χ4v) is 1.44. The van der Waals surface area contributed by atoms with Gasteiger partial charge in [0.15, 0.2) is 0 Å². The molecule has 1 N–H and O–H groups in total. The molecule has 84 valence electrons. The zero-order chi connectivity index (χ0) is 11.5. The molecule has 0 bridgehead atoms. The molecule has 0 amide bonds. The van der Waals surface area contributed by atoms with Crippen molar-refractivity contribution in [3.63, 3.8) is 0 Å². The van der Waals surface area contributed by atoms with E-state index in [9.17, 15) is 13.9 Å². The lowest BCUT2D eigenvalue weighted by Gasteiger charge is -2.28. The Morgan fingerprint density at radius 3 is 2.62 bits per heavy atom. The predicted octanol–water partition coefficient (Wildman–Crippen LogP) is 1.93. The van der Waals surface area contributed by atoms with E-state index in [1.807, 2.05) is 0 Å². The molecule has 16 heavy (non-hydrogen) atoms. The Balaban J connectivity index is 2.31. The molecule has 1 atom stereocenters. The van der Waals surface area contributed by atoms with Crippen LogP contribution in [0.2, 0.25) is 0 Å². The zero-order valence-corrected chi connectivity index (χ0v) is 8.29. The summed E-state index contributed by atoms with van der Waals surface area (Å²) >= 11 is 0. The van der Waals surface area contributed by atoms with E-state index in [2.05, 4.69) is 4.98 Å². The van der Waals surface area contributed by atoms with E-state index < -0.39 is 12.7 Å². The molecule has 0 spiro atoms. The monoisotopic (exact) mass is 224 g/mol. The summed E-state index contributed by atoms with van der Waals surface area (Å²) < 4.78 is 25.0. The lowest BCUT2D eigenvalue weighted by atomic mass is 10.2. The maximum Gasteiger partial charge on any atom is 0.265 e. The molecule has 1 unspecified atom stereocenters. The topological polar surface area (TPSA) is 36.4 Å². The first-order valence-corrected chi connectivity index (χ1v) is 4.73. The van der Waals surface area contributed by atoms with E-state index >= 15 is 0 Å². The van der Waals surface area contributed by atoms with Gasteiger partial charge < -0.3 is 10.0 Å². The number of aliphatic hydroxyl groups excluding tert-OH is 1. The van der Waals surface area contributed by atoms with E-state index in [-0.39, 0.29) is 5.57 Å². The van der Waals surface area contributed by atoms with Crippen molar-refractivity contribution in [1.82, 2.24) is 4.98 Å². The van der Waals surface area contributed by atoms with Crippen molar-refractivity contribution in [3.8, 4) is 0 Å². The largest absolute Gasteiger partial charge is 0.370 e. The van der Waals surface area contributed by atoms with Crippen molar-refractivity contribution in [2.24, 2.45) is 0 Å². The van der Waals surface area contributed by atoms with Gasteiger partial charge in [0.2, 0.25) is 0 Å². The molecule has 0 aliphatic carbocycles. The molecule has 0 saturated carbocycles. The maximum absolute atomic E-state index is 12.5. The molecule has 3 nitrogen and oxygen atoms in total. The van der Waals surface area contributed by atoms with E-state index in [4.69, 9.17) is 0 Å².